The fourth-order valence-corrected chi connectivity index (χ4v) is 1.58. The second-order valence-corrected chi connectivity index (χ2v) is 3.85. The third kappa shape index (κ3) is 2.51. The van der Waals surface area contributed by atoms with Crippen molar-refractivity contribution in [1.29, 1.82) is 0 Å². The molecule has 0 radical (unpaired) electrons. The molecule has 1 amide bonds. The molecule has 0 saturated heterocycles. The number of phenols is 1. The molecule has 7 nitrogen and oxygen atoms in total. The van der Waals surface area contributed by atoms with Gasteiger partial charge >= 0.3 is 5.97 Å². The average Bonchev–Trinajstić information content (AvgIpc) is 2.41. The minimum absolute atomic E-state index is 0.0415. The normalized spacial score (nSPS) is 10.0. The van der Waals surface area contributed by atoms with Gasteiger partial charge in [0, 0.05) is 6.20 Å². The lowest BCUT2D eigenvalue weighted by molar-refractivity contribution is 0.0693. The number of para-hydroxylation sites is 1. The Morgan fingerprint density at radius 2 is 1.85 bits per heavy atom. The predicted octanol–water partition coefficient (Wildman–Crippen LogP) is 1.44. The monoisotopic (exact) mass is 274 g/mol. The molecule has 2 aromatic rings. The Balaban J connectivity index is 2.32. The molecule has 0 aliphatic carbocycles. The van der Waals surface area contributed by atoms with E-state index in [2.05, 4.69) is 10.3 Å². The van der Waals surface area contributed by atoms with Crippen LogP contribution >= 0.6 is 0 Å². The Bertz CT molecular complexity index is 684. The highest BCUT2D eigenvalue weighted by Gasteiger charge is 2.16. The summed E-state index contributed by atoms with van der Waals surface area (Å²) in [6.45, 7) is 0. The number of pyridine rings is 1. The number of carbonyl (C=O) groups excluding carboxylic acids is 1. The Labute approximate surface area is 113 Å². The predicted molar refractivity (Wildman–Crippen MR) is 68.9 cm³/mol. The van der Waals surface area contributed by atoms with E-state index < -0.39 is 17.6 Å². The molecule has 4 N–H and O–H groups in total. The first-order chi connectivity index (χ1) is 9.50. The molecule has 2 rings (SSSR count). The summed E-state index contributed by atoms with van der Waals surface area (Å²) in [6.07, 6.45) is 2.42. The topological polar surface area (TPSA) is 120 Å². The van der Waals surface area contributed by atoms with Crippen LogP contribution in [0.2, 0.25) is 0 Å². The molecule has 0 unspecified atom stereocenters. The second kappa shape index (κ2) is 5.27. The highest BCUT2D eigenvalue weighted by molar-refractivity contribution is 6.07. The molecule has 0 saturated carbocycles. The van der Waals surface area contributed by atoms with Gasteiger partial charge < -0.3 is 20.6 Å². The first kappa shape index (κ1) is 13.3. The van der Waals surface area contributed by atoms with Gasteiger partial charge in [0.1, 0.15) is 11.3 Å². The van der Waals surface area contributed by atoms with Crippen LogP contribution in [0.15, 0.2) is 36.7 Å². The quantitative estimate of drug-likeness (QED) is 0.629. The van der Waals surface area contributed by atoms with E-state index in [1.165, 1.54) is 30.5 Å². The average molecular weight is 274 g/mol. The van der Waals surface area contributed by atoms with Crippen molar-refractivity contribution in [2.45, 2.75) is 0 Å². The van der Waals surface area contributed by atoms with Gasteiger partial charge in [-0.05, 0) is 18.2 Å². The summed E-state index contributed by atoms with van der Waals surface area (Å²) in [5, 5.41) is 30.4. The highest BCUT2D eigenvalue weighted by atomic mass is 16.4. The molecule has 0 aliphatic rings. The van der Waals surface area contributed by atoms with Gasteiger partial charge in [-0.1, -0.05) is 6.07 Å². The number of benzene rings is 1. The van der Waals surface area contributed by atoms with Crippen molar-refractivity contribution < 1.29 is 24.9 Å². The van der Waals surface area contributed by atoms with Gasteiger partial charge in [0.2, 0.25) is 0 Å². The number of hydrogen-bond donors (Lipinski definition) is 4. The van der Waals surface area contributed by atoms with Crippen LogP contribution in [0.5, 0.6) is 11.5 Å². The summed E-state index contributed by atoms with van der Waals surface area (Å²) in [5.41, 5.74) is -0.437. The minimum Gasteiger partial charge on any atom is -0.505 e. The van der Waals surface area contributed by atoms with Gasteiger partial charge in [0.15, 0.2) is 5.75 Å². The summed E-state index contributed by atoms with van der Waals surface area (Å²) >= 11 is 0. The molecule has 0 atom stereocenters. The molecule has 0 bridgehead atoms. The third-order valence-electron chi connectivity index (χ3n) is 2.56. The number of aromatic carboxylic acids is 1. The van der Waals surface area contributed by atoms with Crippen LogP contribution in [0, 0.1) is 0 Å². The maximum Gasteiger partial charge on any atom is 0.339 e. The number of anilines is 1. The van der Waals surface area contributed by atoms with Crippen LogP contribution in [-0.2, 0) is 0 Å². The smallest absolute Gasteiger partial charge is 0.339 e. The third-order valence-corrected chi connectivity index (χ3v) is 2.56. The van der Waals surface area contributed by atoms with E-state index in [-0.39, 0.29) is 22.6 Å². The Morgan fingerprint density at radius 1 is 1.10 bits per heavy atom. The number of nitrogens with one attached hydrogen (secondary N) is 1. The van der Waals surface area contributed by atoms with Crippen molar-refractivity contribution in [3.8, 4) is 11.5 Å². The molecule has 0 spiro atoms. The van der Waals surface area contributed by atoms with Crippen LogP contribution in [0.3, 0.4) is 0 Å². The van der Waals surface area contributed by atoms with Crippen molar-refractivity contribution in [2.24, 2.45) is 0 Å². The van der Waals surface area contributed by atoms with Gasteiger partial charge in [-0.2, -0.15) is 0 Å². The highest BCUT2D eigenvalue weighted by Crippen LogP contribution is 2.28. The number of aromatic hydroxyl groups is 2. The van der Waals surface area contributed by atoms with Crippen molar-refractivity contribution in [3.63, 3.8) is 0 Å². The second-order valence-electron chi connectivity index (χ2n) is 3.85. The number of rotatable bonds is 3. The lowest BCUT2D eigenvalue weighted by Gasteiger charge is -2.09. The zero-order chi connectivity index (χ0) is 14.7. The van der Waals surface area contributed by atoms with Crippen LogP contribution in [-0.4, -0.2) is 32.2 Å². The summed E-state index contributed by atoms with van der Waals surface area (Å²) < 4.78 is 0. The molecule has 20 heavy (non-hydrogen) atoms. The number of carboxylic acid groups (broad SMARTS) is 1. The van der Waals surface area contributed by atoms with E-state index in [1.807, 2.05) is 0 Å². The van der Waals surface area contributed by atoms with E-state index in [4.69, 9.17) is 5.11 Å². The first-order valence-electron chi connectivity index (χ1n) is 5.50. The molecule has 102 valence electrons. The number of carbonyl (C=O) groups is 2. The van der Waals surface area contributed by atoms with E-state index in [1.54, 1.807) is 0 Å². The Hall–Kier alpha value is -3.09. The fraction of sp³-hybridized carbons (Fsp3) is 0. The van der Waals surface area contributed by atoms with Crippen molar-refractivity contribution in [3.05, 3.63) is 47.8 Å². The van der Waals surface area contributed by atoms with E-state index in [9.17, 15) is 19.8 Å². The number of hydrogen-bond acceptors (Lipinski definition) is 5. The summed E-state index contributed by atoms with van der Waals surface area (Å²) in [4.78, 5) is 26.4. The Kier molecular flexibility index (Phi) is 3.52. The van der Waals surface area contributed by atoms with Crippen molar-refractivity contribution in [2.75, 3.05) is 5.32 Å². The molecule has 0 fully saturated rings. The van der Waals surface area contributed by atoms with Crippen molar-refractivity contribution in [1.82, 2.24) is 4.98 Å². The van der Waals surface area contributed by atoms with E-state index in [0.717, 1.165) is 6.20 Å². The maximum absolute atomic E-state index is 11.9. The summed E-state index contributed by atoms with van der Waals surface area (Å²) in [6, 6.07) is 5.23. The molecular formula is C13H10N2O5. The van der Waals surface area contributed by atoms with Crippen LogP contribution in [0.4, 0.5) is 5.69 Å². The largest absolute Gasteiger partial charge is 0.505 e. The molecule has 1 heterocycles. The van der Waals surface area contributed by atoms with Crippen molar-refractivity contribution >= 4 is 17.6 Å². The lowest BCUT2D eigenvalue weighted by atomic mass is 10.1. The molecule has 1 aromatic carbocycles. The van der Waals surface area contributed by atoms with Gasteiger partial charge in [-0.15, -0.1) is 0 Å². The molecular weight excluding hydrogens is 264 g/mol. The standard InChI is InChI=1S/C13H10N2O5/c16-10-6-14-5-4-7(10)12(18)15-9-3-1-2-8(11(9)17)13(19)20/h1-6,16-17H,(H,15,18)(H,19,20). The summed E-state index contributed by atoms with van der Waals surface area (Å²) in [5.74, 6) is -2.88. The van der Waals surface area contributed by atoms with Gasteiger partial charge in [-0.25, -0.2) is 4.79 Å². The SMILES string of the molecule is O=C(Nc1cccc(C(=O)O)c1O)c1ccncc1O. The van der Waals surface area contributed by atoms with Crippen LogP contribution < -0.4 is 5.32 Å². The number of nitrogens with zero attached hydrogens (tertiary/aromatic N) is 1. The molecule has 7 heteroatoms. The minimum atomic E-state index is -1.31. The van der Waals surface area contributed by atoms with Gasteiger partial charge in [0.25, 0.3) is 5.91 Å². The zero-order valence-electron chi connectivity index (χ0n) is 10.1. The van der Waals surface area contributed by atoms with Crippen LogP contribution in [0.1, 0.15) is 20.7 Å². The number of aromatic nitrogens is 1. The Morgan fingerprint density at radius 3 is 2.50 bits per heavy atom. The summed E-state index contributed by atoms with van der Waals surface area (Å²) in [7, 11) is 0. The molecule has 0 aliphatic heterocycles. The van der Waals surface area contributed by atoms with E-state index in [0.29, 0.717) is 0 Å². The van der Waals surface area contributed by atoms with Gasteiger partial charge in [-0.3, -0.25) is 9.78 Å². The zero-order valence-corrected chi connectivity index (χ0v) is 10.1. The lowest BCUT2D eigenvalue weighted by Crippen LogP contribution is -2.13. The first-order valence-corrected chi connectivity index (χ1v) is 5.50. The van der Waals surface area contributed by atoms with E-state index >= 15 is 0 Å². The number of amides is 1. The number of carboxylic acids is 1. The maximum atomic E-state index is 11.9. The fourth-order valence-electron chi connectivity index (χ4n) is 1.58. The molecule has 1 aromatic heterocycles. The van der Waals surface area contributed by atoms with Gasteiger partial charge in [0.05, 0.1) is 17.4 Å². The van der Waals surface area contributed by atoms with Crippen LogP contribution in [0.25, 0.3) is 0 Å².